The van der Waals surface area contributed by atoms with Crippen molar-refractivity contribution in [2.45, 2.75) is 45.3 Å². The summed E-state index contributed by atoms with van der Waals surface area (Å²) in [5.74, 6) is -3.34. The van der Waals surface area contributed by atoms with Gasteiger partial charge in [0.2, 0.25) is 11.7 Å². The third-order valence-electron chi connectivity index (χ3n) is 5.21. The molecule has 1 saturated heterocycles. The third-order valence-corrected chi connectivity index (χ3v) is 5.21. The Balaban J connectivity index is 1.56. The van der Waals surface area contributed by atoms with E-state index in [1.54, 1.807) is 45.0 Å². The summed E-state index contributed by atoms with van der Waals surface area (Å²) >= 11 is 0. The van der Waals surface area contributed by atoms with Gasteiger partial charge in [-0.25, -0.2) is 0 Å². The summed E-state index contributed by atoms with van der Waals surface area (Å²) in [5, 5.41) is 5.50. The lowest BCUT2D eigenvalue weighted by Crippen LogP contribution is -2.50. The number of hydrogen-bond donors (Lipinski definition) is 2. The molecule has 180 valence electrons. The quantitative estimate of drug-likeness (QED) is 0.457. The SMILES string of the molecule is CC(C)(C)OC(=O)CNC(=O)C(=O)[C@@H]1CCCN1C(=O)CNC(=O)c1ccnc2ccccc12. The Morgan fingerprint density at radius 3 is 2.53 bits per heavy atom. The highest BCUT2D eigenvalue weighted by Crippen LogP contribution is 2.19. The van der Waals surface area contributed by atoms with Crippen LogP contribution in [-0.2, 0) is 23.9 Å². The summed E-state index contributed by atoms with van der Waals surface area (Å²) in [6.07, 6.45) is 2.39. The monoisotopic (exact) mass is 468 g/mol. The number of pyridine rings is 1. The van der Waals surface area contributed by atoms with E-state index in [1.165, 1.54) is 11.1 Å². The molecule has 0 spiro atoms. The third kappa shape index (κ3) is 6.15. The molecule has 3 rings (SSSR count). The Kier molecular flexibility index (Phi) is 7.60. The summed E-state index contributed by atoms with van der Waals surface area (Å²) in [4.78, 5) is 67.6. The van der Waals surface area contributed by atoms with Gasteiger partial charge in [-0.2, -0.15) is 0 Å². The van der Waals surface area contributed by atoms with E-state index < -0.39 is 47.7 Å². The van der Waals surface area contributed by atoms with Crippen molar-refractivity contribution in [3.63, 3.8) is 0 Å². The number of benzene rings is 1. The van der Waals surface area contributed by atoms with Gasteiger partial charge in [0.15, 0.2) is 0 Å². The number of rotatable bonds is 7. The predicted molar refractivity (Wildman–Crippen MR) is 123 cm³/mol. The maximum absolute atomic E-state index is 12.7. The molecule has 0 radical (unpaired) electrons. The fraction of sp³-hybridized carbons (Fsp3) is 0.417. The second-order valence-electron chi connectivity index (χ2n) is 8.94. The van der Waals surface area contributed by atoms with Crippen LogP contribution in [0, 0.1) is 0 Å². The van der Waals surface area contributed by atoms with Crippen molar-refractivity contribution in [2.24, 2.45) is 0 Å². The summed E-state index contributed by atoms with van der Waals surface area (Å²) in [5.41, 5.74) is 0.325. The van der Waals surface area contributed by atoms with Crippen molar-refractivity contribution in [3.8, 4) is 0 Å². The van der Waals surface area contributed by atoms with Crippen LogP contribution < -0.4 is 10.6 Å². The number of esters is 1. The van der Waals surface area contributed by atoms with Gasteiger partial charge in [0, 0.05) is 18.1 Å². The molecule has 10 heteroatoms. The minimum atomic E-state index is -0.956. The molecule has 2 N–H and O–H groups in total. The van der Waals surface area contributed by atoms with Crippen LogP contribution in [0.2, 0.25) is 0 Å². The van der Waals surface area contributed by atoms with Crippen molar-refractivity contribution in [1.82, 2.24) is 20.5 Å². The first-order chi connectivity index (χ1) is 16.1. The second-order valence-corrected chi connectivity index (χ2v) is 8.94. The lowest BCUT2D eigenvalue weighted by molar-refractivity contribution is -0.155. The number of fused-ring (bicyclic) bond motifs is 1. The summed E-state index contributed by atoms with van der Waals surface area (Å²) < 4.78 is 5.10. The lowest BCUT2D eigenvalue weighted by atomic mass is 10.1. The number of ketones is 1. The molecule has 1 aliphatic heterocycles. The number of carbonyl (C=O) groups excluding carboxylic acids is 5. The fourth-order valence-electron chi connectivity index (χ4n) is 3.75. The van der Waals surface area contributed by atoms with E-state index in [2.05, 4.69) is 15.6 Å². The maximum atomic E-state index is 12.7. The molecule has 34 heavy (non-hydrogen) atoms. The van der Waals surface area contributed by atoms with Gasteiger partial charge >= 0.3 is 5.97 Å². The zero-order valence-corrected chi connectivity index (χ0v) is 19.4. The molecule has 2 aromatic rings. The smallest absolute Gasteiger partial charge is 0.325 e. The van der Waals surface area contributed by atoms with Crippen LogP contribution in [0.1, 0.15) is 44.0 Å². The molecule has 1 aromatic heterocycles. The van der Waals surface area contributed by atoms with Crippen LogP contribution in [0.3, 0.4) is 0 Å². The minimum absolute atomic E-state index is 0.294. The molecule has 3 amide bonds. The molecule has 1 aliphatic rings. The molecular weight excluding hydrogens is 440 g/mol. The van der Waals surface area contributed by atoms with E-state index in [0.29, 0.717) is 35.9 Å². The standard InChI is InChI=1S/C24H28N4O6/c1-24(2,3)34-20(30)14-27-23(33)21(31)18-9-6-12-28(18)19(29)13-26-22(32)16-10-11-25-17-8-5-4-7-15(16)17/h4-5,7-8,10-11,18H,6,9,12-14H2,1-3H3,(H,26,32)(H,27,33)/t18-/m0/s1. The topological polar surface area (TPSA) is 135 Å². The van der Waals surface area contributed by atoms with Gasteiger partial charge in [0.1, 0.15) is 18.2 Å². The lowest BCUT2D eigenvalue weighted by Gasteiger charge is -2.23. The highest BCUT2D eigenvalue weighted by atomic mass is 16.6. The van der Waals surface area contributed by atoms with Gasteiger partial charge in [-0.05, 0) is 45.7 Å². The molecule has 0 saturated carbocycles. The molecule has 1 fully saturated rings. The summed E-state index contributed by atoms with van der Waals surface area (Å²) in [7, 11) is 0. The van der Waals surface area contributed by atoms with E-state index in [9.17, 15) is 24.0 Å². The van der Waals surface area contributed by atoms with Crippen LogP contribution in [0.15, 0.2) is 36.5 Å². The molecule has 2 heterocycles. The zero-order valence-electron chi connectivity index (χ0n) is 19.4. The minimum Gasteiger partial charge on any atom is -0.459 e. The first kappa shape index (κ1) is 24.8. The summed E-state index contributed by atoms with van der Waals surface area (Å²) in [6.45, 7) is 4.60. The number of carbonyl (C=O) groups is 5. The van der Waals surface area contributed by atoms with Crippen LogP contribution in [0.5, 0.6) is 0 Å². The van der Waals surface area contributed by atoms with Crippen molar-refractivity contribution in [2.75, 3.05) is 19.6 Å². The number of Topliss-reactive ketones (excluding diaryl/α,β-unsaturated/α-hetero) is 1. The van der Waals surface area contributed by atoms with Crippen molar-refractivity contribution in [3.05, 3.63) is 42.1 Å². The van der Waals surface area contributed by atoms with Gasteiger partial charge in [-0.1, -0.05) is 18.2 Å². The molecule has 1 atom stereocenters. The number of likely N-dealkylation sites (tertiary alicyclic amines) is 1. The van der Waals surface area contributed by atoms with Gasteiger partial charge in [0.25, 0.3) is 11.8 Å². The molecule has 0 bridgehead atoms. The Bertz CT molecular complexity index is 1120. The largest absolute Gasteiger partial charge is 0.459 e. The highest BCUT2D eigenvalue weighted by Gasteiger charge is 2.37. The van der Waals surface area contributed by atoms with Gasteiger partial charge in [-0.3, -0.25) is 29.0 Å². The van der Waals surface area contributed by atoms with Crippen molar-refractivity contribution in [1.29, 1.82) is 0 Å². The van der Waals surface area contributed by atoms with Gasteiger partial charge in [0.05, 0.1) is 17.6 Å². The first-order valence-corrected chi connectivity index (χ1v) is 11.0. The molecule has 0 aliphatic carbocycles. The van der Waals surface area contributed by atoms with Gasteiger partial charge < -0.3 is 20.3 Å². The van der Waals surface area contributed by atoms with Crippen LogP contribution in [0.25, 0.3) is 10.9 Å². The van der Waals surface area contributed by atoms with E-state index >= 15 is 0 Å². The first-order valence-electron chi connectivity index (χ1n) is 11.0. The van der Waals surface area contributed by atoms with E-state index in [-0.39, 0.29) is 6.54 Å². The van der Waals surface area contributed by atoms with Crippen LogP contribution >= 0.6 is 0 Å². The molecule has 1 aromatic carbocycles. The number of nitrogens with zero attached hydrogens (tertiary/aromatic N) is 2. The van der Waals surface area contributed by atoms with E-state index in [4.69, 9.17) is 4.74 Å². The molecular formula is C24H28N4O6. The number of hydrogen-bond acceptors (Lipinski definition) is 7. The normalized spacial score (nSPS) is 15.6. The number of aromatic nitrogens is 1. The number of para-hydroxylation sites is 1. The predicted octanol–water partition coefficient (Wildman–Crippen LogP) is 0.983. The molecule has 10 nitrogen and oxygen atoms in total. The van der Waals surface area contributed by atoms with Crippen LogP contribution in [0.4, 0.5) is 0 Å². The second kappa shape index (κ2) is 10.4. The average molecular weight is 469 g/mol. The Morgan fingerprint density at radius 2 is 1.79 bits per heavy atom. The van der Waals surface area contributed by atoms with Crippen LogP contribution in [-0.4, -0.2) is 70.6 Å². The summed E-state index contributed by atoms with van der Waals surface area (Å²) in [6, 6.07) is 7.79. The Hall–Kier alpha value is -3.82. The Morgan fingerprint density at radius 1 is 1.06 bits per heavy atom. The molecule has 0 unspecified atom stereocenters. The number of nitrogens with one attached hydrogen (secondary N) is 2. The van der Waals surface area contributed by atoms with Crippen molar-refractivity contribution >= 4 is 40.4 Å². The van der Waals surface area contributed by atoms with E-state index in [1.807, 2.05) is 6.07 Å². The highest BCUT2D eigenvalue weighted by molar-refractivity contribution is 6.38. The number of amides is 3. The number of ether oxygens (including phenoxy) is 1. The Labute approximate surface area is 197 Å². The maximum Gasteiger partial charge on any atom is 0.325 e. The average Bonchev–Trinajstić information content (AvgIpc) is 3.28. The fourth-order valence-corrected chi connectivity index (χ4v) is 3.75. The zero-order chi connectivity index (χ0) is 24.9. The van der Waals surface area contributed by atoms with Crippen molar-refractivity contribution < 1.29 is 28.7 Å². The van der Waals surface area contributed by atoms with Gasteiger partial charge in [-0.15, -0.1) is 0 Å². The van der Waals surface area contributed by atoms with E-state index in [0.717, 1.165) is 0 Å².